The van der Waals surface area contributed by atoms with Crippen molar-refractivity contribution in [1.82, 2.24) is 9.55 Å². The standard InChI is InChI=1S/C15H20BrClN2/c1-9(2)7-10(3)19-14-8-12(16)5-6-13(14)18-15(19)11(4)17/h5-6,8-11H,7H2,1-4H3. The maximum Gasteiger partial charge on any atom is 0.127 e. The highest BCUT2D eigenvalue weighted by Gasteiger charge is 2.19. The van der Waals surface area contributed by atoms with Crippen molar-refractivity contribution in [2.75, 3.05) is 0 Å². The highest BCUT2D eigenvalue weighted by atomic mass is 79.9. The molecule has 0 saturated heterocycles. The number of hydrogen-bond donors (Lipinski definition) is 0. The molecular formula is C15H20BrClN2. The number of rotatable bonds is 4. The van der Waals surface area contributed by atoms with Crippen LogP contribution in [0.3, 0.4) is 0 Å². The quantitative estimate of drug-likeness (QED) is 0.650. The first-order valence-electron chi connectivity index (χ1n) is 6.71. The van der Waals surface area contributed by atoms with Gasteiger partial charge in [0.15, 0.2) is 0 Å². The van der Waals surface area contributed by atoms with Crippen LogP contribution in [0.2, 0.25) is 0 Å². The molecule has 0 fully saturated rings. The van der Waals surface area contributed by atoms with Crippen molar-refractivity contribution < 1.29 is 0 Å². The highest BCUT2D eigenvalue weighted by Crippen LogP contribution is 2.31. The van der Waals surface area contributed by atoms with Crippen LogP contribution in [0, 0.1) is 5.92 Å². The molecule has 19 heavy (non-hydrogen) atoms. The smallest absolute Gasteiger partial charge is 0.127 e. The first kappa shape index (κ1) is 14.9. The Labute approximate surface area is 128 Å². The van der Waals surface area contributed by atoms with E-state index in [1.807, 2.05) is 19.1 Å². The van der Waals surface area contributed by atoms with Gasteiger partial charge in [0.2, 0.25) is 0 Å². The second kappa shape index (κ2) is 5.84. The molecule has 0 bridgehead atoms. The zero-order valence-electron chi connectivity index (χ0n) is 11.8. The van der Waals surface area contributed by atoms with Crippen LogP contribution in [0.5, 0.6) is 0 Å². The van der Waals surface area contributed by atoms with Crippen LogP contribution in [0.1, 0.15) is 51.4 Å². The third-order valence-corrected chi connectivity index (χ3v) is 3.98. The Hall–Kier alpha value is -0.540. The molecule has 104 valence electrons. The molecule has 2 rings (SSSR count). The van der Waals surface area contributed by atoms with Crippen LogP contribution in [-0.4, -0.2) is 9.55 Å². The SMILES string of the molecule is CC(C)CC(C)n1c(C(C)Cl)nc2ccc(Br)cc21. The van der Waals surface area contributed by atoms with Crippen molar-refractivity contribution in [2.45, 2.75) is 45.5 Å². The molecule has 2 nitrogen and oxygen atoms in total. The van der Waals surface area contributed by atoms with Gasteiger partial charge in [0.05, 0.1) is 16.4 Å². The molecule has 0 saturated carbocycles. The van der Waals surface area contributed by atoms with Gasteiger partial charge < -0.3 is 4.57 Å². The minimum absolute atomic E-state index is 0.0826. The van der Waals surface area contributed by atoms with E-state index in [2.05, 4.69) is 47.3 Å². The zero-order valence-corrected chi connectivity index (χ0v) is 14.2. The summed E-state index contributed by atoms with van der Waals surface area (Å²) >= 11 is 9.84. The molecule has 1 aromatic heterocycles. The van der Waals surface area contributed by atoms with Gasteiger partial charge in [0.25, 0.3) is 0 Å². The molecule has 0 spiro atoms. The van der Waals surface area contributed by atoms with E-state index in [4.69, 9.17) is 16.6 Å². The van der Waals surface area contributed by atoms with Gasteiger partial charge >= 0.3 is 0 Å². The number of nitrogens with zero attached hydrogens (tertiary/aromatic N) is 2. The third-order valence-electron chi connectivity index (χ3n) is 3.29. The molecular weight excluding hydrogens is 324 g/mol. The van der Waals surface area contributed by atoms with Crippen molar-refractivity contribution in [3.05, 3.63) is 28.5 Å². The molecule has 0 aliphatic rings. The fourth-order valence-corrected chi connectivity index (χ4v) is 3.12. The van der Waals surface area contributed by atoms with Crippen molar-refractivity contribution in [2.24, 2.45) is 5.92 Å². The first-order chi connectivity index (χ1) is 8.90. The van der Waals surface area contributed by atoms with Crippen LogP contribution in [-0.2, 0) is 0 Å². The van der Waals surface area contributed by atoms with Crippen LogP contribution < -0.4 is 0 Å². The van der Waals surface area contributed by atoms with Gasteiger partial charge in [-0.1, -0.05) is 29.8 Å². The second-order valence-corrected chi connectivity index (χ2v) is 7.14. The van der Waals surface area contributed by atoms with Crippen LogP contribution in [0.15, 0.2) is 22.7 Å². The van der Waals surface area contributed by atoms with E-state index in [0.29, 0.717) is 12.0 Å². The number of benzene rings is 1. The maximum atomic E-state index is 6.31. The van der Waals surface area contributed by atoms with Crippen LogP contribution in [0.25, 0.3) is 11.0 Å². The van der Waals surface area contributed by atoms with E-state index < -0.39 is 0 Å². The van der Waals surface area contributed by atoms with E-state index >= 15 is 0 Å². The average Bonchev–Trinajstić information content (AvgIpc) is 2.66. The number of imidazole rings is 1. The molecule has 0 amide bonds. The summed E-state index contributed by atoms with van der Waals surface area (Å²) in [5.74, 6) is 1.61. The van der Waals surface area contributed by atoms with Gasteiger partial charge in [-0.15, -0.1) is 11.6 Å². The Morgan fingerprint density at radius 1 is 1.26 bits per heavy atom. The lowest BCUT2D eigenvalue weighted by Gasteiger charge is -2.20. The van der Waals surface area contributed by atoms with E-state index in [9.17, 15) is 0 Å². The van der Waals surface area contributed by atoms with E-state index in [0.717, 1.165) is 27.8 Å². The lowest BCUT2D eigenvalue weighted by Crippen LogP contribution is -2.12. The predicted octanol–water partition coefficient (Wildman–Crippen LogP) is 5.71. The Balaban J connectivity index is 2.59. The molecule has 2 atom stereocenters. The molecule has 0 aliphatic heterocycles. The Kier molecular flexibility index (Phi) is 4.57. The second-order valence-electron chi connectivity index (χ2n) is 5.57. The Morgan fingerprint density at radius 2 is 1.95 bits per heavy atom. The number of halogens is 2. The molecule has 1 heterocycles. The van der Waals surface area contributed by atoms with Gasteiger partial charge in [0, 0.05) is 10.5 Å². The summed E-state index contributed by atoms with van der Waals surface area (Å²) in [7, 11) is 0. The lowest BCUT2D eigenvalue weighted by atomic mass is 10.0. The van der Waals surface area contributed by atoms with Crippen molar-refractivity contribution in [3.63, 3.8) is 0 Å². The Bertz CT molecular complexity index is 575. The van der Waals surface area contributed by atoms with Crippen molar-refractivity contribution in [3.8, 4) is 0 Å². The van der Waals surface area contributed by atoms with Gasteiger partial charge in [-0.3, -0.25) is 0 Å². The monoisotopic (exact) mass is 342 g/mol. The maximum absolute atomic E-state index is 6.31. The molecule has 1 aromatic carbocycles. The number of aromatic nitrogens is 2. The average molecular weight is 344 g/mol. The summed E-state index contributed by atoms with van der Waals surface area (Å²) in [6.07, 6.45) is 1.12. The minimum atomic E-state index is -0.0826. The molecule has 0 radical (unpaired) electrons. The summed E-state index contributed by atoms with van der Waals surface area (Å²) in [5.41, 5.74) is 2.17. The van der Waals surface area contributed by atoms with E-state index in [-0.39, 0.29) is 5.38 Å². The number of fused-ring (bicyclic) bond motifs is 1. The van der Waals surface area contributed by atoms with Gasteiger partial charge in [-0.25, -0.2) is 4.98 Å². The third kappa shape index (κ3) is 3.14. The van der Waals surface area contributed by atoms with Gasteiger partial charge in [0.1, 0.15) is 5.82 Å². The van der Waals surface area contributed by atoms with Crippen LogP contribution in [0.4, 0.5) is 0 Å². The zero-order chi connectivity index (χ0) is 14.2. The number of alkyl halides is 1. The van der Waals surface area contributed by atoms with Gasteiger partial charge in [-0.05, 0) is 44.4 Å². The van der Waals surface area contributed by atoms with E-state index in [1.165, 1.54) is 0 Å². The largest absolute Gasteiger partial charge is 0.324 e. The number of hydrogen-bond acceptors (Lipinski definition) is 1. The van der Waals surface area contributed by atoms with Crippen molar-refractivity contribution in [1.29, 1.82) is 0 Å². The summed E-state index contributed by atoms with van der Waals surface area (Å²) in [4.78, 5) is 4.69. The fourth-order valence-electron chi connectivity index (χ4n) is 2.62. The van der Waals surface area contributed by atoms with Gasteiger partial charge in [-0.2, -0.15) is 0 Å². The van der Waals surface area contributed by atoms with Crippen molar-refractivity contribution >= 4 is 38.6 Å². The first-order valence-corrected chi connectivity index (χ1v) is 7.94. The molecule has 2 aromatic rings. The molecule has 0 aliphatic carbocycles. The summed E-state index contributed by atoms with van der Waals surface area (Å²) in [5, 5.41) is -0.0826. The normalized spacial score (nSPS) is 15.1. The molecule has 0 N–H and O–H groups in total. The topological polar surface area (TPSA) is 17.8 Å². The highest BCUT2D eigenvalue weighted by molar-refractivity contribution is 9.10. The predicted molar refractivity (Wildman–Crippen MR) is 85.9 cm³/mol. The molecule has 4 heteroatoms. The summed E-state index contributed by atoms with van der Waals surface area (Å²) in [6.45, 7) is 8.71. The Morgan fingerprint density at radius 3 is 2.53 bits per heavy atom. The fraction of sp³-hybridized carbons (Fsp3) is 0.533. The van der Waals surface area contributed by atoms with Crippen LogP contribution >= 0.6 is 27.5 Å². The lowest BCUT2D eigenvalue weighted by molar-refractivity contribution is 0.425. The minimum Gasteiger partial charge on any atom is -0.324 e. The molecule has 2 unspecified atom stereocenters. The summed E-state index contributed by atoms with van der Waals surface area (Å²) in [6, 6.07) is 6.59. The van der Waals surface area contributed by atoms with E-state index in [1.54, 1.807) is 0 Å². The summed E-state index contributed by atoms with van der Waals surface area (Å²) < 4.78 is 3.37.